The number of halogens is 1. The SMILES string of the molecule is CCNC(=NCc1cccc(C(=O)N2CCCCC2)c1)N1CCC2(CCC2)C1.I. The van der Waals surface area contributed by atoms with E-state index in [1.54, 1.807) is 0 Å². The van der Waals surface area contributed by atoms with Crippen LogP contribution in [0.4, 0.5) is 0 Å². The van der Waals surface area contributed by atoms with Crippen molar-refractivity contribution in [3.8, 4) is 0 Å². The van der Waals surface area contributed by atoms with Gasteiger partial charge in [-0.25, -0.2) is 4.99 Å². The number of amides is 1. The van der Waals surface area contributed by atoms with Gasteiger partial charge in [0.2, 0.25) is 0 Å². The summed E-state index contributed by atoms with van der Waals surface area (Å²) in [5.41, 5.74) is 2.47. The van der Waals surface area contributed by atoms with Crippen molar-refractivity contribution in [3.05, 3.63) is 35.4 Å². The topological polar surface area (TPSA) is 47.9 Å². The molecule has 1 aliphatic carbocycles. The molecule has 0 bridgehead atoms. The minimum atomic E-state index is 0. The second-order valence-electron chi connectivity index (χ2n) is 8.75. The number of aliphatic imine (C=N–C) groups is 1. The minimum absolute atomic E-state index is 0. The summed E-state index contributed by atoms with van der Waals surface area (Å²) in [5.74, 6) is 1.20. The average molecular weight is 510 g/mol. The van der Waals surface area contributed by atoms with Crippen LogP contribution in [0.15, 0.2) is 29.3 Å². The van der Waals surface area contributed by atoms with E-state index in [0.717, 1.165) is 62.7 Å². The number of piperidine rings is 1. The third kappa shape index (κ3) is 5.25. The van der Waals surface area contributed by atoms with Crippen LogP contribution in [-0.2, 0) is 6.54 Å². The quantitative estimate of drug-likeness (QED) is 0.374. The Morgan fingerprint density at radius 1 is 1.07 bits per heavy atom. The molecule has 0 unspecified atom stereocenters. The number of likely N-dealkylation sites (tertiary alicyclic amines) is 2. The molecule has 2 aliphatic heterocycles. The smallest absolute Gasteiger partial charge is 0.253 e. The maximum absolute atomic E-state index is 12.8. The van der Waals surface area contributed by atoms with Gasteiger partial charge in [-0.05, 0) is 68.6 Å². The van der Waals surface area contributed by atoms with Crippen LogP contribution in [0.2, 0.25) is 0 Å². The number of carbonyl (C=O) groups excluding carboxylic acids is 1. The number of carbonyl (C=O) groups is 1. The van der Waals surface area contributed by atoms with Crippen molar-refractivity contribution in [3.63, 3.8) is 0 Å². The number of benzene rings is 1. The van der Waals surface area contributed by atoms with E-state index in [0.29, 0.717) is 12.0 Å². The molecule has 29 heavy (non-hydrogen) atoms. The number of hydrogen-bond acceptors (Lipinski definition) is 2. The zero-order valence-electron chi connectivity index (χ0n) is 17.7. The first kappa shape index (κ1) is 22.4. The maximum Gasteiger partial charge on any atom is 0.253 e. The lowest BCUT2D eigenvalue weighted by Gasteiger charge is -2.38. The Bertz CT molecular complexity index is 725. The molecule has 1 aromatic carbocycles. The molecular weight excluding hydrogens is 475 g/mol. The van der Waals surface area contributed by atoms with Gasteiger partial charge in [0, 0.05) is 38.3 Å². The van der Waals surface area contributed by atoms with Crippen LogP contribution < -0.4 is 5.32 Å². The predicted molar refractivity (Wildman–Crippen MR) is 129 cm³/mol. The fraction of sp³-hybridized carbons (Fsp3) is 0.652. The monoisotopic (exact) mass is 510 g/mol. The fourth-order valence-electron chi connectivity index (χ4n) is 4.88. The summed E-state index contributed by atoms with van der Waals surface area (Å²) in [6.45, 7) is 7.67. The molecule has 0 atom stereocenters. The second kappa shape index (κ2) is 10.1. The zero-order chi connectivity index (χ0) is 19.4. The normalized spacial score (nSPS) is 20.9. The molecule has 1 saturated carbocycles. The Labute approximate surface area is 192 Å². The van der Waals surface area contributed by atoms with Crippen LogP contribution in [0.3, 0.4) is 0 Å². The van der Waals surface area contributed by atoms with Gasteiger partial charge in [0.1, 0.15) is 0 Å². The highest BCUT2D eigenvalue weighted by Gasteiger charge is 2.43. The molecular formula is C23H35IN4O. The minimum Gasteiger partial charge on any atom is -0.357 e. The lowest BCUT2D eigenvalue weighted by atomic mass is 9.68. The Hall–Kier alpha value is -1.31. The van der Waals surface area contributed by atoms with Crippen molar-refractivity contribution >= 4 is 35.8 Å². The van der Waals surface area contributed by atoms with E-state index in [9.17, 15) is 4.79 Å². The van der Waals surface area contributed by atoms with E-state index in [4.69, 9.17) is 4.99 Å². The summed E-state index contributed by atoms with van der Waals surface area (Å²) in [5, 5.41) is 3.47. The van der Waals surface area contributed by atoms with Crippen LogP contribution in [0.1, 0.15) is 67.8 Å². The molecule has 1 spiro atoms. The average Bonchev–Trinajstić information content (AvgIpc) is 3.18. The van der Waals surface area contributed by atoms with Gasteiger partial charge in [0.25, 0.3) is 5.91 Å². The molecule has 5 nitrogen and oxygen atoms in total. The number of nitrogens with zero attached hydrogens (tertiary/aromatic N) is 3. The molecule has 1 N–H and O–H groups in total. The van der Waals surface area contributed by atoms with Crippen molar-refractivity contribution in [2.45, 2.75) is 58.4 Å². The van der Waals surface area contributed by atoms with E-state index in [1.807, 2.05) is 23.1 Å². The zero-order valence-corrected chi connectivity index (χ0v) is 20.0. The molecule has 0 radical (unpaired) electrons. The predicted octanol–water partition coefficient (Wildman–Crippen LogP) is 4.27. The molecule has 2 heterocycles. The molecule has 4 rings (SSSR count). The first-order valence-electron chi connectivity index (χ1n) is 11.1. The van der Waals surface area contributed by atoms with Gasteiger partial charge in [0.15, 0.2) is 5.96 Å². The summed E-state index contributed by atoms with van der Waals surface area (Å²) >= 11 is 0. The van der Waals surface area contributed by atoms with E-state index in [-0.39, 0.29) is 29.9 Å². The van der Waals surface area contributed by atoms with Gasteiger partial charge in [-0.3, -0.25) is 4.79 Å². The van der Waals surface area contributed by atoms with E-state index >= 15 is 0 Å². The van der Waals surface area contributed by atoms with Crippen LogP contribution in [0, 0.1) is 5.41 Å². The summed E-state index contributed by atoms with van der Waals surface area (Å²) in [4.78, 5) is 22.1. The van der Waals surface area contributed by atoms with Crippen LogP contribution in [0.5, 0.6) is 0 Å². The van der Waals surface area contributed by atoms with Crippen molar-refractivity contribution in [2.75, 3.05) is 32.7 Å². The van der Waals surface area contributed by atoms with Crippen molar-refractivity contribution in [1.82, 2.24) is 15.1 Å². The summed E-state index contributed by atoms with van der Waals surface area (Å²) in [6, 6.07) is 8.04. The standard InChI is InChI=1S/C23H34N4O.HI/c1-2-24-22(27-15-12-23(18-27)10-7-11-23)25-17-19-8-6-9-20(16-19)21(28)26-13-4-3-5-14-26;/h6,8-9,16H,2-5,7,10-15,17-18H2,1H3,(H,24,25);1H. The Kier molecular flexibility index (Phi) is 7.82. The van der Waals surface area contributed by atoms with Crippen molar-refractivity contribution in [2.24, 2.45) is 10.4 Å². The number of hydrogen-bond donors (Lipinski definition) is 1. The van der Waals surface area contributed by atoms with Gasteiger partial charge in [-0.15, -0.1) is 24.0 Å². The number of nitrogens with one attached hydrogen (secondary N) is 1. The molecule has 3 aliphatic rings. The molecule has 2 saturated heterocycles. The van der Waals surface area contributed by atoms with Gasteiger partial charge in [-0.2, -0.15) is 0 Å². The molecule has 3 fully saturated rings. The number of guanidine groups is 1. The Morgan fingerprint density at radius 3 is 2.52 bits per heavy atom. The first-order valence-corrected chi connectivity index (χ1v) is 11.1. The molecule has 160 valence electrons. The van der Waals surface area contributed by atoms with E-state index in [1.165, 1.54) is 32.1 Å². The van der Waals surface area contributed by atoms with Crippen LogP contribution in [0.25, 0.3) is 0 Å². The molecule has 0 aromatic heterocycles. The third-order valence-corrected chi connectivity index (χ3v) is 6.72. The summed E-state index contributed by atoms with van der Waals surface area (Å²) in [7, 11) is 0. The maximum atomic E-state index is 12.8. The lowest BCUT2D eigenvalue weighted by molar-refractivity contribution is 0.0724. The van der Waals surface area contributed by atoms with Crippen LogP contribution in [-0.4, -0.2) is 54.4 Å². The van der Waals surface area contributed by atoms with Crippen LogP contribution >= 0.6 is 24.0 Å². The summed E-state index contributed by atoms with van der Waals surface area (Å²) < 4.78 is 0. The first-order chi connectivity index (χ1) is 13.7. The summed E-state index contributed by atoms with van der Waals surface area (Å²) in [6.07, 6.45) is 8.94. The van der Waals surface area contributed by atoms with Crippen molar-refractivity contribution < 1.29 is 4.79 Å². The highest BCUT2D eigenvalue weighted by atomic mass is 127. The van der Waals surface area contributed by atoms with Gasteiger partial charge >= 0.3 is 0 Å². The Balaban J connectivity index is 0.00000240. The molecule has 1 aromatic rings. The number of rotatable bonds is 4. The van der Waals surface area contributed by atoms with E-state index < -0.39 is 0 Å². The van der Waals surface area contributed by atoms with Gasteiger partial charge in [-0.1, -0.05) is 18.6 Å². The van der Waals surface area contributed by atoms with Gasteiger partial charge < -0.3 is 15.1 Å². The largest absolute Gasteiger partial charge is 0.357 e. The molecule has 1 amide bonds. The van der Waals surface area contributed by atoms with Gasteiger partial charge in [0.05, 0.1) is 6.54 Å². The highest BCUT2D eigenvalue weighted by Crippen LogP contribution is 2.47. The molecule has 6 heteroatoms. The third-order valence-electron chi connectivity index (χ3n) is 6.72. The van der Waals surface area contributed by atoms with E-state index in [2.05, 4.69) is 23.2 Å². The Morgan fingerprint density at radius 2 is 1.86 bits per heavy atom. The van der Waals surface area contributed by atoms with Crippen molar-refractivity contribution in [1.29, 1.82) is 0 Å². The highest BCUT2D eigenvalue weighted by molar-refractivity contribution is 14.0. The lowest BCUT2D eigenvalue weighted by Crippen LogP contribution is -2.42. The fourth-order valence-corrected chi connectivity index (χ4v) is 4.88. The second-order valence-corrected chi connectivity index (χ2v) is 8.75.